The molecule has 0 fully saturated rings. The molecule has 7 heteroatoms. The van der Waals surface area contributed by atoms with Crippen molar-refractivity contribution in [2.45, 2.75) is 70.5 Å². The van der Waals surface area contributed by atoms with Crippen LogP contribution in [0.2, 0.25) is 0 Å². The Balaban J connectivity index is 3.03. The Morgan fingerprint density at radius 3 is 2.26 bits per heavy atom. The number of hydrogen-bond acceptors (Lipinski definition) is 4. The van der Waals surface area contributed by atoms with Crippen LogP contribution in [0.15, 0.2) is 5.16 Å². The maximum Gasteiger partial charge on any atom is 0.273 e. The number of primary sulfonamides is 1. The van der Waals surface area contributed by atoms with Gasteiger partial charge < -0.3 is 0 Å². The largest absolute Gasteiger partial charge is 0.295 e. The second-order valence-electron chi connectivity index (χ2n) is 5.76. The van der Waals surface area contributed by atoms with Crippen LogP contribution in [-0.2, 0) is 22.0 Å². The highest BCUT2D eigenvalue weighted by atomic mass is 32.2. The van der Waals surface area contributed by atoms with Gasteiger partial charge in [-0.1, -0.05) is 26.2 Å². The van der Waals surface area contributed by atoms with E-state index in [0.717, 1.165) is 25.7 Å². The van der Waals surface area contributed by atoms with Gasteiger partial charge in [-0.2, -0.15) is 0 Å². The molecule has 0 aromatic carbocycles. The maximum absolute atomic E-state index is 11.5. The monoisotopic (exact) mass is 288 g/mol. The van der Waals surface area contributed by atoms with Gasteiger partial charge in [0, 0.05) is 12.0 Å². The number of aryl methyl sites for hydroxylation is 1. The standard InChI is InChI=1S/C12H24N4O2S/c1-5-6-7-8-9-10-14-15-11(19(13,17)18)16(10)12(2,3)4/h5-9H2,1-4H3,(H2,13,17,18). The zero-order chi connectivity index (χ0) is 14.7. The fraction of sp³-hybridized carbons (Fsp3) is 0.833. The minimum absolute atomic E-state index is 0.148. The molecule has 19 heavy (non-hydrogen) atoms. The molecule has 2 N–H and O–H groups in total. The molecule has 0 aliphatic rings. The first-order chi connectivity index (χ1) is 8.68. The van der Waals surface area contributed by atoms with Crippen LogP contribution in [0.3, 0.4) is 0 Å². The molecule has 0 aliphatic carbocycles. The lowest BCUT2D eigenvalue weighted by atomic mass is 10.1. The first-order valence-corrected chi connectivity index (χ1v) is 8.20. The predicted molar refractivity (Wildman–Crippen MR) is 74.2 cm³/mol. The number of nitrogens with two attached hydrogens (primary N) is 1. The minimum atomic E-state index is -3.84. The van der Waals surface area contributed by atoms with Gasteiger partial charge in [0.2, 0.25) is 0 Å². The Hall–Kier alpha value is -0.950. The molecule has 0 radical (unpaired) electrons. The number of rotatable bonds is 6. The summed E-state index contributed by atoms with van der Waals surface area (Å²) in [5.74, 6) is 0.688. The summed E-state index contributed by atoms with van der Waals surface area (Å²) < 4.78 is 24.7. The highest BCUT2D eigenvalue weighted by molar-refractivity contribution is 7.89. The topological polar surface area (TPSA) is 90.9 Å². The number of aromatic nitrogens is 3. The van der Waals surface area contributed by atoms with Crippen molar-refractivity contribution in [3.63, 3.8) is 0 Å². The van der Waals surface area contributed by atoms with Gasteiger partial charge in [-0.15, -0.1) is 10.2 Å². The summed E-state index contributed by atoms with van der Waals surface area (Å²) in [6.45, 7) is 7.90. The molecule has 0 bridgehead atoms. The Kier molecular flexibility index (Phi) is 5.09. The van der Waals surface area contributed by atoms with Crippen LogP contribution in [0.5, 0.6) is 0 Å². The fourth-order valence-corrected chi connectivity index (χ4v) is 2.82. The minimum Gasteiger partial charge on any atom is -0.295 e. The molecular formula is C12H24N4O2S. The van der Waals surface area contributed by atoms with Crippen molar-refractivity contribution in [3.8, 4) is 0 Å². The summed E-state index contributed by atoms with van der Waals surface area (Å²) in [5.41, 5.74) is -0.411. The van der Waals surface area contributed by atoms with Gasteiger partial charge in [0.25, 0.3) is 15.2 Å². The van der Waals surface area contributed by atoms with Crippen molar-refractivity contribution < 1.29 is 8.42 Å². The van der Waals surface area contributed by atoms with Crippen LogP contribution in [0.1, 0.15) is 59.2 Å². The van der Waals surface area contributed by atoms with Crippen LogP contribution in [0.4, 0.5) is 0 Å². The molecule has 0 unspecified atom stereocenters. The summed E-state index contributed by atoms with van der Waals surface area (Å²) >= 11 is 0. The molecule has 1 aromatic rings. The molecule has 1 aromatic heterocycles. The Labute approximate surface area is 115 Å². The van der Waals surface area contributed by atoms with E-state index in [1.54, 1.807) is 4.57 Å². The van der Waals surface area contributed by atoms with Crippen LogP contribution < -0.4 is 5.14 Å². The van der Waals surface area contributed by atoms with Crippen molar-refractivity contribution in [2.75, 3.05) is 0 Å². The number of unbranched alkanes of at least 4 members (excludes halogenated alkanes) is 3. The van der Waals surface area contributed by atoms with Crippen molar-refractivity contribution in [1.29, 1.82) is 0 Å². The third-order valence-electron chi connectivity index (χ3n) is 2.88. The summed E-state index contributed by atoms with van der Waals surface area (Å²) in [5, 5.41) is 12.8. The molecule has 0 atom stereocenters. The van der Waals surface area contributed by atoms with Crippen LogP contribution in [0.25, 0.3) is 0 Å². The SMILES string of the molecule is CCCCCCc1nnc(S(N)(=O)=O)n1C(C)(C)C. The van der Waals surface area contributed by atoms with E-state index in [2.05, 4.69) is 17.1 Å². The van der Waals surface area contributed by atoms with Crippen molar-refractivity contribution in [1.82, 2.24) is 14.8 Å². The molecule has 0 amide bonds. The zero-order valence-corrected chi connectivity index (χ0v) is 13.0. The van der Waals surface area contributed by atoms with Crippen molar-refractivity contribution in [2.24, 2.45) is 5.14 Å². The molecule has 1 rings (SSSR count). The Morgan fingerprint density at radius 2 is 1.79 bits per heavy atom. The van der Waals surface area contributed by atoms with Crippen LogP contribution in [-0.4, -0.2) is 23.2 Å². The quantitative estimate of drug-likeness (QED) is 0.808. The smallest absolute Gasteiger partial charge is 0.273 e. The third-order valence-corrected chi connectivity index (χ3v) is 3.65. The van der Waals surface area contributed by atoms with E-state index in [0.29, 0.717) is 5.82 Å². The van der Waals surface area contributed by atoms with Crippen molar-refractivity contribution in [3.05, 3.63) is 5.82 Å². The lowest BCUT2D eigenvalue weighted by molar-refractivity contribution is 0.348. The van der Waals surface area contributed by atoms with Gasteiger partial charge in [0.1, 0.15) is 5.82 Å². The molecule has 0 saturated carbocycles. The maximum atomic E-state index is 11.5. The predicted octanol–water partition coefficient (Wildman–Crippen LogP) is 1.80. The second-order valence-corrected chi connectivity index (χ2v) is 7.22. The van der Waals surface area contributed by atoms with Gasteiger partial charge in [-0.05, 0) is 27.2 Å². The second kappa shape index (κ2) is 6.00. The average Bonchev–Trinajstić information content (AvgIpc) is 2.67. The first kappa shape index (κ1) is 16.1. The van der Waals surface area contributed by atoms with E-state index in [-0.39, 0.29) is 5.16 Å². The average molecular weight is 288 g/mol. The normalized spacial score (nSPS) is 12.9. The molecule has 0 spiro atoms. The first-order valence-electron chi connectivity index (χ1n) is 6.65. The molecule has 6 nitrogen and oxygen atoms in total. The highest BCUT2D eigenvalue weighted by Gasteiger charge is 2.28. The Morgan fingerprint density at radius 1 is 1.16 bits per heavy atom. The summed E-state index contributed by atoms with van der Waals surface area (Å²) in [7, 11) is -3.84. The fourth-order valence-electron chi connectivity index (χ4n) is 2.03. The van der Waals surface area contributed by atoms with E-state index < -0.39 is 15.6 Å². The van der Waals surface area contributed by atoms with Crippen LogP contribution in [0, 0.1) is 0 Å². The lowest BCUT2D eigenvalue weighted by Crippen LogP contribution is -2.30. The molecule has 0 aliphatic heterocycles. The van der Waals surface area contributed by atoms with Gasteiger partial charge in [0.15, 0.2) is 0 Å². The molecular weight excluding hydrogens is 264 g/mol. The van der Waals surface area contributed by atoms with E-state index >= 15 is 0 Å². The van der Waals surface area contributed by atoms with E-state index in [9.17, 15) is 8.42 Å². The molecule has 1 heterocycles. The summed E-state index contributed by atoms with van der Waals surface area (Å²) in [6.07, 6.45) is 5.14. The highest BCUT2D eigenvalue weighted by Crippen LogP contribution is 2.22. The molecule has 110 valence electrons. The van der Waals surface area contributed by atoms with Gasteiger partial charge in [-0.3, -0.25) is 4.57 Å². The van der Waals surface area contributed by atoms with E-state index in [1.807, 2.05) is 20.8 Å². The Bertz CT molecular complexity index is 514. The van der Waals surface area contributed by atoms with Crippen molar-refractivity contribution >= 4 is 10.0 Å². The third kappa shape index (κ3) is 4.28. The van der Waals surface area contributed by atoms with Gasteiger partial charge in [-0.25, -0.2) is 13.6 Å². The molecule has 0 saturated heterocycles. The number of hydrogen-bond donors (Lipinski definition) is 1. The summed E-state index contributed by atoms with van der Waals surface area (Å²) in [6, 6.07) is 0. The zero-order valence-electron chi connectivity index (χ0n) is 12.2. The lowest BCUT2D eigenvalue weighted by Gasteiger charge is -2.24. The van der Waals surface area contributed by atoms with Crippen LogP contribution >= 0.6 is 0 Å². The number of sulfonamides is 1. The van der Waals surface area contributed by atoms with Gasteiger partial charge >= 0.3 is 0 Å². The van der Waals surface area contributed by atoms with Gasteiger partial charge in [0.05, 0.1) is 0 Å². The van der Waals surface area contributed by atoms with E-state index in [1.165, 1.54) is 6.42 Å². The number of nitrogens with zero attached hydrogens (tertiary/aromatic N) is 3. The summed E-state index contributed by atoms with van der Waals surface area (Å²) in [4.78, 5) is 0. The van der Waals surface area contributed by atoms with E-state index in [4.69, 9.17) is 5.14 Å².